The molecule has 13 nitrogen and oxygen atoms in total. The molecule has 0 amide bonds. The molecule has 4 aromatic carbocycles. The number of rotatable bonds is 10. The Morgan fingerprint density at radius 2 is 1.23 bits per heavy atom. The van der Waals surface area contributed by atoms with Crippen LogP contribution in [0.2, 0.25) is 0 Å². The van der Waals surface area contributed by atoms with E-state index in [-0.39, 0.29) is 29.2 Å². The quantitative estimate of drug-likeness (QED) is 0.0813. The number of nitrogens with zero attached hydrogens (tertiary/aromatic N) is 4. The Balaban J connectivity index is 0.000000185. The Bertz CT molecular complexity index is 2040. The predicted molar refractivity (Wildman–Crippen MR) is 181 cm³/mol. The maximum atomic E-state index is 11.2. The fraction of sp³-hybridized carbons (Fsp3) is 0.0312. The monoisotopic (exact) mass is 668 g/mol. The van der Waals surface area contributed by atoms with Crippen molar-refractivity contribution in [2.45, 2.75) is 6.61 Å². The van der Waals surface area contributed by atoms with Crippen LogP contribution in [0.1, 0.15) is 15.9 Å². The lowest BCUT2D eigenvalue weighted by Crippen LogP contribution is -2.01. The molecular weight excluding hydrogens is 645 g/mol. The van der Waals surface area contributed by atoms with Gasteiger partial charge in [-0.3, -0.25) is 20.2 Å². The van der Waals surface area contributed by atoms with E-state index in [1.165, 1.54) is 40.9 Å². The summed E-state index contributed by atoms with van der Waals surface area (Å²) in [4.78, 5) is 40.8. The van der Waals surface area contributed by atoms with Crippen molar-refractivity contribution >= 4 is 62.8 Å². The number of benzene rings is 4. The summed E-state index contributed by atoms with van der Waals surface area (Å²) in [6, 6.07) is 23.2. The summed E-state index contributed by atoms with van der Waals surface area (Å²) in [7, 11) is 0. The minimum absolute atomic E-state index is 0.0730. The molecule has 0 unspecified atom stereocenters. The Morgan fingerprint density at radius 3 is 1.68 bits per heavy atom. The number of nitro groups is 2. The van der Waals surface area contributed by atoms with Gasteiger partial charge in [0.25, 0.3) is 11.4 Å². The normalized spacial score (nSPS) is 10.4. The average Bonchev–Trinajstić information content (AvgIpc) is 3.81. The van der Waals surface area contributed by atoms with E-state index in [4.69, 9.17) is 10.2 Å². The highest BCUT2D eigenvalue weighted by atomic mass is 32.1. The van der Waals surface area contributed by atoms with Crippen molar-refractivity contribution < 1.29 is 24.9 Å². The van der Waals surface area contributed by atoms with Gasteiger partial charge in [0.15, 0.2) is 0 Å². The number of nitrogens with one attached hydrogen (secondary N) is 2. The van der Waals surface area contributed by atoms with E-state index in [1.807, 2.05) is 53.2 Å². The van der Waals surface area contributed by atoms with Crippen LogP contribution >= 0.6 is 22.7 Å². The van der Waals surface area contributed by atoms with Gasteiger partial charge in [0.2, 0.25) is 0 Å². The molecule has 15 heteroatoms. The van der Waals surface area contributed by atoms with Gasteiger partial charge in [-0.1, -0.05) is 30.3 Å². The van der Waals surface area contributed by atoms with E-state index in [2.05, 4.69) is 20.6 Å². The van der Waals surface area contributed by atoms with Crippen LogP contribution in [0.15, 0.2) is 108 Å². The first-order valence-electron chi connectivity index (χ1n) is 13.7. The minimum atomic E-state index is -1.21. The van der Waals surface area contributed by atoms with Crippen LogP contribution in [0.25, 0.3) is 21.1 Å². The summed E-state index contributed by atoms with van der Waals surface area (Å²) in [6.45, 7) is -0.235. The lowest BCUT2D eigenvalue weighted by molar-refractivity contribution is -0.384. The molecule has 6 aromatic rings. The number of aromatic nitrogens is 2. The van der Waals surface area contributed by atoms with Crippen LogP contribution in [0.3, 0.4) is 0 Å². The smallest absolute Gasteiger partial charge is 0.335 e. The Hall–Kier alpha value is -6.03. The number of hydrogen-bond donors (Lipinski definition) is 4. The first-order valence-corrected chi connectivity index (χ1v) is 15.4. The van der Waals surface area contributed by atoms with Crippen LogP contribution in [-0.2, 0) is 6.61 Å². The third-order valence-electron chi connectivity index (χ3n) is 6.52. The molecule has 0 bridgehead atoms. The van der Waals surface area contributed by atoms with Crippen molar-refractivity contribution in [2.75, 3.05) is 10.6 Å². The topological polar surface area (TPSA) is 194 Å². The second-order valence-electron chi connectivity index (χ2n) is 9.65. The summed E-state index contributed by atoms with van der Waals surface area (Å²) in [5.74, 6) is -1.21. The molecule has 0 aliphatic carbocycles. The van der Waals surface area contributed by atoms with Gasteiger partial charge in [0, 0.05) is 57.8 Å². The second-order valence-corrected chi connectivity index (χ2v) is 11.4. The fourth-order valence-electron chi connectivity index (χ4n) is 4.36. The molecule has 0 saturated heterocycles. The molecule has 0 atom stereocenters. The van der Waals surface area contributed by atoms with E-state index in [9.17, 15) is 25.0 Å². The number of aliphatic hydroxyl groups excluding tert-OH is 1. The minimum Gasteiger partial charge on any atom is -0.478 e. The van der Waals surface area contributed by atoms with Gasteiger partial charge in [0.05, 0.1) is 22.0 Å². The van der Waals surface area contributed by atoms with E-state index < -0.39 is 15.8 Å². The molecule has 0 fully saturated rings. The maximum Gasteiger partial charge on any atom is 0.335 e. The number of hydrogen-bond acceptors (Lipinski definition) is 12. The summed E-state index contributed by atoms with van der Waals surface area (Å²) >= 11 is 3.02. The third-order valence-corrected chi connectivity index (χ3v) is 8.17. The standard InChI is InChI=1S/C16H11N3O4S.C16H13N3O3S/c20-16(21)11-4-5-13(14(9-11)19(22)23)18-12-3-1-2-10(8-12)15-17-6-7-24-15;20-10-11-4-5-14(15(8-11)19(21)22)18-13-3-1-2-12(9-13)16-17-6-7-23-16/h1-9,18H,(H,20,21);1-9,18,20H,10H2. The highest BCUT2D eigenvalue weighted by molar-refractivity contribution is 7.13. The molecule has 4 N–H and O–H groups in total. The molecule has 0 aliphatic rings. The summed E-state index contributed by atoms with van der Waals surface area (Å²) in [5, 5.41) is 52.0. The van der Waals surface area contributed by atoms with Crippen molar-refractivity contribution in [3.8, 4) is 21.1 Å². The number of thiazole rings is 2. The number of carboxylic acid groups (broad SMARTS) is 1. The van der Waals surface area contributed by atoms with E-state index in [0.717, 1.165) is 32.9 Å². The van der Waals surface area contributed by atoms with Crippen molar-refractivity contribution in [3.63, 3.8) is 0 Å². The molecule has 236 valence electrons. The highest BCUT2D eigenvalue weighted by Crippen LogP contribution is 2.32. The van der Waals surface area contributed by atoms with Gasteiger partial charge in [-0.25, -0.2) is 14.8 Å². The molecular formula is C32H24N6O7S2. The molecule has 0 spiro atoms. The van der Waals surface area contributed by atoms with Crippen LogP contribution in [0.5, 0.6) is 0 Å². The van der Waals surface area contributed by atoms with Gasteiger partial charge in [-0.05, 0) is 48.0 Å². The van der Waals surface area contributed by atoms with Crippen LogP contribution in [0, 0.1) is 20.2 Å². The van der Waals surface area contributed by atoms with Gasteiger partial charge in [0.1, 0.15) is 21.4 Å². The summed E-state index contributed by atoms with van der Waals surface area (Å²) in [6.07, 6.45) is 3.44. The number of carbonyl (C=O) groups is 1. The number of aliphatic hydroxyl groups is 1. The number of nitro benzene ring substituents is 2. The van der Waals surface area contributed by atoms with Crippen molar-refractivity contribution in [3.05, 3.63) is 139 Å². The van der Waals surface area contributed by atoms with Crippen LogP contribution < -0.4 is 10.6 Å². The zero-order valence-corrected chi connectivity index (χ0v) is 25.8. The Labute approximate surface area is 274 Å². The lowest BCUT2D eigenvalue weighted by Gasteiger charge is -2.09. The number of anilines is 4. The molecule has 2 heterocycles. The van der Waals surface area contributed by atoms with E-state index >= 15 is 0 Å². The van der Waals surface area contributed by atoms with Crippen molar-refractivity contribution in [1.82, 2.24) is 9.97 Å². The second kappa shape index (κ2) is 14.8. The first-order chi connectivity index (χ1) is 22.7. The molecule has 0 radical (unpaired) electrons. The molecule has 47 heavy (non-hydrogen) atoms. The zero-order valence-electron chi connectivity index (χ0n) is 24.1. The lowest BCUT2D eigenvalue weighted by atomic mass is 10.1. The van der Waals surface area contributed by atoms with Crippen LogP contribution in [0.4, 0.5) is 34.1 Å². The number of aromatic carboxylic acids is 1. The van der Waals surface area contributed by atoms with Crippen molar-refractivity contribution in [1.29, 1.82) is 0 Å². The summed E-state index contributed by atoms with van der Waals surface area (Å²) < 4.78 is 0. The zero-order chi connectivity index (χ0) is 33.3. The van der Waals surface area contributed by atoms with Gasteiger partial charge in [-0.15, -0.1) is 22.7 Å². The molecule has 0 aliphatic heterocycles. The van der Waals surface area contributed by atoms with Crippen molar-refractivity contribution in [2.24, 2.45) is 0 Å². The van der Waals surface area contributed by atoms with E-state index in [0.29, 0.717) is 16.9 Å². The molecule has 6 rings (SSSR count). The SMILES string of the molecule is O=C(O)c1ccc(Nc2cccc(-c3nccs3)c2)c([N+](=O)[O-])c1.O=[N+]([O-])c1cc(CO)ccc1Nc1cccc(-c2nccs2)c1. The van der Waals surface area contributed by atoms with Gasteiger partial charge in [-0.2, -0.15) is 0 Å². The highest BCUT2D eigenvalue weighted by Gasteiger charge is 2.18. The maximum absolute atomic E-state index is 11.2. The Kier molecular flexibility index (Phi) is 10.2. The average molecular weight is 669 g/mol. The largest absolute Gasteiger partial charge is 0.478 e. The predicted octanol–water partition coefficient (Wildman–Crippen LogP) is 8.11. The van der Waals surface area contributed by atoms with E-state index in [1.54, 1.807) is 30.6 Å². The summed E-state index contributed by atoms with van der Waals surface area (Å²) in [5.41, 5.74) is 3.81. The van der Waals surface area contributed by atoms with Gasteiger partial charge >= 0.3 is 5.97 Å². The molecule has 2 aromatic heterocycles. The number of carboxylic acids is 1. The third kappa shape index (κ3) is 8.17. The molecule has 0 saturated carbocycles. The fourth-order valence-corrected chi connectivity index (χ4v) is 5.63. The van der Waals surface area contributed by atoms with Gasteiger partial charge < -0.3 is 20.8 Å². The van der Waals surface area contributed by atoms with Crippen LogP contribution in [-0.4, -0.2) is 36.0 Å². The Morgan fingerprint density at radius 1 is 0.723 bits per heavy atom. The first kappa shape index (κ1) is 32.4.